The van der Waals surface area contributed by atoms with E-state index in [0.29, 0.717) is 40.8 Å². The topological polar surface area (TPSA) is 92.5 Å². The van der Waals surface area contributed by atoms with Crippen LogP contribution in [0.15, 0.2) is 57.9 Å². The van der Waals surface area contributed by atoms with Crippen LogP contribution in [-0.2, 0) is 10.0 Å². The Bertz CT molecular complexity index is 1230. The number of nitrogens with one attached hydrogen (secondary N) is 1. The van der Waals surface area contributed by atoms with Crippen LogP contribution in [0.4, 0.5) is 5.69 Å². The van der Waals surface area contributed by atoms with Gasteiger partial charge < -0.3 is 9.84 Å². The quantitative estimate of drug-likeness (QED) is 0.555. The van der Waals surface area contributed by atoms with E-state index in [2.05, 4.69) is 10.5 Å². The van der Waals surface area contributed by atoms with Crippen molar-refractivity contribution < 1.29 is 17.7 Å². The molecule has 1 fully saturated rings. The number of sulfonamides is 1. The van der Waals surface area contributed by atoms with E-state index in [-0.39, 0.29) is 10.5 Å². The Morgan fingerprint density at radius 2 is 1.78 bits per heavy atom. The van der Waals surface area contributed by atoms with Gasteiger partial charge in [-0.2, -0.15) is 4.31 Å². The van der Waals surface area contributed by atoms with E-state index in [9.17, 15) is 13.2 Å². The average Bonchev–Trinajstić information content (AvgIpc) is 2.97. The molecule has 32 heavy (non-hydrogen) atoms. The summed E-state index contributed by atoms with van der Waals surface area (Å²) in [4.78, 5) is 13.3. The molecule has 2 aromatic carbocycles. The Labute approximate surface area is 192 Å². The van der Waals surface area contributed by atoms with Crippen LogP contribution in [0.1, 0.15) is 41.8 Å². The third-order valence-corrected chi connectivity index (χ3v) is 7.74. The van der Waals surface area contributed by atoms with Gasteiger partial charge in [0.25, 0.3) is 5.91 Å². The molecule has 0 spiro atoms. The molecule has 0 aliphatic carbocycles. The maximum atomic E-state index is 13.1. The minimum absolute atomic E-state index is 0.158. The van der Waals surface area contributed by atoms with Gasteiger partial charge in [-0.3, -0.25) is 4.79 Å². The van der Waals surface area contributed by atoms with Crippen molar-refractivity contribution in [3.63, 3.8) is 0 Å². The molecule has 1 aromatic heterocycles. The molecule has 9 heteroatoms. The fourth-order valence-corrected chi connectivity index (χ4v) is 5.62. The number of hydrogen-bond donors (Lipinski definition) is 1. The molecular formula is C23H24ClN3O4S. The number of aryl methyl sites for hydroxylation is 1. The first kappa shape index (κ1) is 22.5. The van der Waals surface area contributed by atoms with E-state index in [1.54, 1.807) is 49.4 Å². The number of nitrogens with zero attached hydrogens (tertiary/aromatic N) is 2. The highest BCUT2D eigenvalue weighted by atomic mass is 35.5. The second kappa shape index (κ2) is 9.44. The first-order valence-electron chi connectivity index (χ1n) is 10.5. The Balaban J connectivity index is 1.61. The molecule has 3 aromatic rings. The van der Waals surface area contributed by atoms with Crippen LogP contribution >= 0.6 is 11.6 Å². The van der Waals surface area contributed by atoms with Crippen molar-refractivity contribution in [3.05, 3.63) is 64.9 Å². The first-order valence-corrected chi connectivity index (χ1v) is 12.3. The van der Waals surface area contributed by atoms with Gasteiger partial charge in [-0.05, 0) is 44.0 Å². The Morgan fingerprint density at radius 3 is 2.50 bits per heavy atom. The van der Waals surface area contributed by atoms with Gasteiger partial charge >= 0.3 is 0 Å². The van der Waals surface area contributed by atoms with E-state index in [4.69, 9.17) is 16.1 Å². The average molecular weight is 474 g/mol. The molecule has 1 amide bonds. The molecule has 1 saturated heterocycles. The van der Waals surface area contributed by atoms with Crippen LogP contribution in [-0.4, -0.2) is 36.9 Å². The molecule has 1 N–H and O–H groups in total. The minimum Gasteiger partial charge on any atom is -0.360 e. The third-order valence-electron chi connectivity index (χ3n) is 5.51. The summed E-state index contributed by atoms with van der Waals surface area (Å²) in [5, 5.41) is 7.24. The molecule has 0 bridgehead atoms. The fourth-order valence-electron chi connectivity index (χ4n) is 3.84. The molecule has 0 atom stereocenters. The number of anilines is 1. The van der Waals surface area contributed by atoms with Crippen LogP contribution in [0, 0.1) is 6.92 Å². The molecular weight excluding hydrogens is 450 g/mol. The van der Waals surface area contributed by atoms with Crippen LogP contribution in [0.5, 0.6) is 0 Å². The van der Waals surface area contributed by atoms with Crippen molar-refractivity contribution in [2.75, 3.05) is 18.4 Å². The number of benzene rings is 2. The lowest BCUT2D eigenvalue weighted by Gasteiger charge is -2.20. The standard InChI is InChI=1S/C23H24ClN3O4S/c1-16-21(22(26-31-16)19-11-4-5-12-20(19)24)23(28)25-17-9-8-10-18(15-17)32(29,30)27-13-6-2-3-7-14-27/h4-5,8-12,15H,2-3,6-7,13-14H2,1H3,(H,25,28). The smallest absolute Gasteiger partial charge is 0.261 e. The maximum Gasteiger partial charge on any atom is 0.261 e. The van der Waals surface area contributed by atoms with Crippen LogP contribution in [0.3, 0.4) is 0 Å². The highest BCUT2D eigenvalue weighted by Crippen LogP contribution is 2.31. The second-order valence-corrected chi connectivity index (χ2v) is 10.1. The lowest BCUT2D eigenvalue weighted by Crippen LogP contribution is -2.32. The van der Waals surface area contributed by atoms with Crippen LogP contribution in [0.2, 0.25) is 5.02 Å². The molecule has 0 unspecified atom stereocenters. The first-order chi connectivity index (χ1) is 15.4. The van der Waals surface area contributed by atoms with Crippen molar-refractivity contribution in [1.82, 2.24) is 9.46 Å². The second-order valence-electron chi connectivity index (χ2n) is 7.74. The molecule has 2 heterocycles. The van der Waals surface area contributed by atoms with Gasteiger partial charge in [0.05, 0.1) is 9.92 Å². The zero-order valence-electron chi connectivity index (χ0n) is 17.7. The highest BCUT2D eigenvalue weighted by Gasteiger charge is 2.26. The molecule has 168 valence electrons. The van der Waals surface area contributed by atoms with Gasteiger partial charge in [0.1, 0.15) is 17.0 Å². The molecule has 0 radical (unpaired) electrons. The molecule has 4 rings (SSSR count). The summed E-state index contributed by atoms with van der Waals surface area (Å²) < 4.78 is 33.0. The van der Waals surface area contributed by atoms with E-state index >= 15 is 0 Å². The summed E-state index contributed by atoms with van der Waals surface area (Å²) in [5.74, 6) is -0.117. The Hall–Kier alpha value is -2.68. The predicted octanol–water partition coefficient (Wildman–Crippen LogP) is 5.12. The number of carbonyl (C=O) groups excluding carboxylic acids is 1. The minimum atomic E-state index is -3.63. The van der Waals surface area contributed by atoms with Crippen molar-refractivity contribution in [1.29, 1.82) is 0 Å². The molecule has 7 nitrogen and oxygen atoms in total. The number of hydrogen-bond acceptors (Lipinski definition) is 5. The van der Waals surface area contributed by atoms with Crippen molar-refractivity contribution >= 4 is 33.2 Å². The van der Waals surface area contributed by atoms with E-state index < -0.39 is 15.9 Å². The van der Waals surface area contributed by atoms with Gasteiger partial charge in [0.2, 0.25) is 10.0 Å². The Kier molecular flexibility index (Phi) is 6.64. The summed E-state index contributed by atoms with van der Waals surface area (Å²) in [6.45, 7) is 2.67. The van der Waals surface area contributed by atoms with Gasteiger partial charge in [0, 0.05) is 24.3 Å². The Morgan fingerprint density at radius 1 is 1.06 bits per heavy atom. The zero-order valence-corrected chi connectivity index (χ0v) is 19.2. The summed E-state index contributed by atoms with van der Waals surface area (Å²) in [7, 11) is -3.63. The lowest BCUT2D eigenvalue weighted by atomic mass is 10.1. The number of aromatic nitrogens is 1. The van der Waals surface area contributed by atoms with E-state index in [1.807, 2.05) is 0 Å². The van der Waals surface area contributed by atoms with Gasteiger partial charge in [-0.15, -0.1) is 0 Å². The number of carbonyl (C=O) groups is 1. The fraction of sp³-hybridized carbons (Fsp3) is 0.304. The van der Waals surface area contributed by atoms with Crippen molar-refractivity contribution in [2.45, 2.75) is 37.5 Å². The number of rotatable bonds is 5. The molecule has 1 aliphatic heterocycles. The zero-order chi connectivity index (χ0) is 22.7. The third kappa shape index (κ3) is 4.57. The largest absolute Gasteiger partial charge is 0.360 e. The number of halogens is 1. The summed E-state index contributed by atoms with van der Waals surface area (Å²) >= 11 is 6.28. The van der Waals surface area contributed by atoms with Crippen LogP contribution in [0.25, 0.3) is 11.3 Å². The van der Waals surface area contributed by atoms with E-state index in [0.717, 1.165) is 25.7 Å². The van der Waals surface area contributed by atoms with Crippen molar-refractivity contribution in [3.8, 4) is 11.3 Å². The molecule has 0 saturated carbocycles. The number of amides is 1. The SMILES string of the molecule is Cc1onc(-c2ccccc2Cl)c1C(=O)Nc1cccc(S(=O)(=O)N2CCCCCC2)c1. The maximum absolute atomic E-state index is 13.1. The highest BCUT2D eigenvalue weighted by molar-refractivity contribution is 7.89. The normalized spacial score (nSPS) is 15.3. The summed E-state index contributed by atoms with van der Waals surface area (Å²) in [5.41, 5.74) is 1.53. The van der Waals surface area contributed by atoms with Gasteiger partial charge in [0.15, 0.2) is 0 Å². The van der Waals surface area contributed by atoms with Gasteiger partial charge in [-0.25, -0.2) is 8.42 Å². The van der Waals surface area contributed by atoms with Crippen LogP contribution < -0.4 is 5.32 Å². The molecule has 1 aliphatic rings. The summed E-state index contributed by atoms with van der Waals surface area (Å²) in [6, 6.07) is 13.3. The van der Waals surface area contributed by atoms with Crippen molar-refractivity contribution in [2.24, 2.45) is 0 Å². The lowest BCUT2D eigenvalue weighted by molar-refractivity contribution is 0.102. The predicted molar refractivity (Wildman–Crippen MR) is 123 cm³/mol. The van der Waals surface area contributed by atoms with E-state index in [1.165, 1.54) is 10.4 Å². The summed E-state index contributed by atoms with van der Waals surface area (Å²) in [6.07, 6.45) is 3.78. The monoisotopic (exact) mass is 473 g/mol. The van der Waals surface area contributed by atoms with Gasteiger partial charge in [-0.1, -0.05) is 53.9 Å².